The van der Waals surface area contributed by atoms with Crippen LogP contribution in [0, 0.1) is 0 Å². The van der Waals surface area contributed by atoms with Crippen molar-refractivity contribution in [2.24, 2.45) is 0 Å². The number of urea groups is 1. The first-order valence-corrected chi connectivity index (χ1v) is 11.0. The van der Waals surface area contributed by atoms with E-state index in [2.05, 4.69) is 25.6 Å². The van der Waals surface area contributed by atoms with Crippen LogP contribution in [0.2, 0.25) is 10.0 Å². The molecular formula is C21H17Cl2F3N6O3. The average molecular weight is 529 g/mol. The molecule has 0 saturated carbocycles. The second-order valence-electron chi connectivity index (χ2n) is 7.75. The standard InChI is InChI=1S/C21H17Cl2F3N6O3/c22-12-7-10(8-13(23)17(12)33)14-1-2-15-18(29-14)30-16(9-27-15)31-20(35)28-11-3-5-32(6-4-11)19(34)21(24,25)26/h1-2,7-9,11,33H,3-6H2,(H2,28,29,30,31,35). The number of fused-ring (bicyclic) bond motifs is 1. The highest BCUT2D eigenvalue weighted by atomic mass is 35.5. The molecule has 3 N–H and O–H groups in total. The number of aromatic nitrogens is 3. The van der Waals surface area contributed by atoms with E-state index in [-0.39, 0.29) is 53.2 Å². The van der Waals surface area contributed by atoms with Gasteiger partial charge < -0.3 is 15.3 Å². The van der Waals surface area contributed by atoms with E-state index in [1.54, 1.807) is 12.1 Å². The monoisotopic (exact) mass is 528 g/mol. The van der Waals surface area contributed by atoms with E-state index >= 15 is 0 Å². The van der Waals surface area contributed by atoms with Crippen LogP contribution in [0.25, 0.3) is 22.4 Å². The van der Waals surface area contributed by atoms with E-state index in [0.29, 0.717) is 16.8 Å². The number of rotatable bonds is 3. The number of pyridine rings is 1. The number of benzene rings is 1. The van der Waals surface area contributed by atoms with Gasteiger partial charge in [0.15, 0.2) is 17.2 Å². The molecule has 0 atom stereocenters. The molecule has 9 nitrogen and oxygen atoms in total. The summed E-state index contributed by atoms with van der Waals surface area (Å²) in [4.78, 5) is 37.3. The number of nitrogens with one attached hydrogen (secondary N) is 2. The predicted molar refractivity (Wildman–Crippen MR) is 122 cm³/mol. The first-order chi connectivity index (χ1) is 16.5. The van der Waals surface area contributed by atoms with Crippen LogP contribution in [0.3, 0.4) is 0 Å². The summed E-state index contributed by atoms with van der Waals surface area (Å²) >= 11 is 12.0. The number of carbonyl (C=O) groups excluding carboxylic acids is 2. The van der Waals surface area contributed by atoms with Crippen molar-refractivity contribution in [3.8, 4) is 17.0 Å². The van der Waals surface area contributed by atoms with Crippen molar-refractivity contribution in [1.29, 1.82) is 0 Å². The van der Waals surface area contributed by atoms with Gasteiger partial charge in [-0.25, -0.2) is 19.7 Å². The van der Waals surface area contributed by atoms with Crippen LogP contribution >= 0.6 is 23.2 Å². The van der Waals surface area contributed by atoms with Gasteiger partial charge in [0.05, 0.1) is 21.9 Å². The molecular weight excluding hydrogens is 512 g/mol. The van der Waals surface area contributed by atoms with Gasteiger partial charge in [0.2, 0.25) is 0 Å². The quantitative estimate of drug-likeness (QED) is 0.464. The van der Waals surface area contributed by atoms with E-state index in [0.717, 1.165) is 4.90 Å². The van der Waals surface area contributed by atoms with Crippen LogP contribution in [0.1, 0.15) is 12.8 Å². The molecule has 1 fully saturated rings. The molecule has 0 bridgehead atoms. The number of amides is 3. The predicted octanol–water partition coefficient (Wildman–Crippen LogP) is 4.38. The minimum atomic E-state index is -4.92. The fraction of sp³-hybridized carbons (Fsp3) is 0.286. The third-order valence-corrected chi connectivity index (χ3v) is 5.90. The Labute approximate surface area is 206 Å². The highest BCUT2D eigenvalue weighted by molar-refractivity contribution is 6.37. The third-order valence-electron chi connectivity index (χ3n) is 5.32. The lowest BCUT2D eigenvalue weighted by Gasteiger charge is -2.32. The zero-order valence-electron chi connectivity index (χ0n) is 17.7. The summed E-state index contributed by atoms with van der Waals surface area (Å²) < 4.78 is 37.7. The smallest absolute Gasteiger partial charge is 0.471 e. The zero-order chi connectivity index (χ0) is 25.3. The van der Waals surface area contributed by atoms with E-state index in [4.69, 9.17) is 23.2 Å². The number of piperidine rings is 1. The van der Waals surface area contributed by atoms with Crippen molar-refractivity contribution in [2.75, 3.05) is 18.4 Å². The number of phenols is 1. The highest BCUT2D eigenvalue weighted by Gasteiger charge is 2.43. The Morgan fingerprint density at radius 3 is 2.37 bits per heavy atom. The van der Waals surface area contributed by atoms with E-state index < -0.39 is 24.2 Å². The Morgan fingerprint density at radius 2 is 1.74 bits per heavy atom. The lowest BCUT2D eigenvalue weighted by molar-refractivity contribution is -0.186. The summed E-state index contributed by atoms with van der Waals surface area (Å²) in [6.07, 6.45) is -3.22. The van der Waals surface area contributed by atoms with Gasteiger partial charge in [-0.05, 0) is 37.1 Å². The fourth-order valence-electron chi connectivity index (χ4n) is 3.58. The molecule has 0 unspecified atom stereocenters. The van der Waals surface area contributed by atoms with Crippen LogP contribution in [-0.4, -0.2) is 62.2 Å². The molecule has 0 radical (unpaired) electrons. The number of phenolic OH excluding ortho intramolecular Hbond substituents is 1. The van der Waals surface area contributed by atoms with Gasteiger partial charge in [-0.2, -0.15) is 13.2 Å². The molecule has 3 heterocycles. The summed E-state index contributed by atoms with van der Waals surface area (Å²) in [7, 11) is 0. The molecule has 4 rings (SSSR count). The number of nitrogens with zero attached hydrogens (tertiary/aromatic N) is 4. The van der Waals surface area contributed by atoms with Crippen molar-refractivity contribution >= 4 is 52.1 Å². The summed E-state index contributed by atoms with van der Waals surface area (Å²) in [6.45, 7) is -0.228. The molecule has 1 aromatic carbocycles. The molecule has 2 aromatic heterocycles. The lowest BCUT2D eigenvalue weighted by atomic mass is 10.1. The summed E-state index contributed by atoms with van der Waals surface area (Å²) in [5.41, 5.74) is 1.67. The van der Waals surface area contributed by atoms with Crippen molar-refractivity contribution in [2.45, 2.75) is 25.1 Å². The van der Waals surface area contributed by atoms with Gasteiger partial charge >= 0.3 is 18.1 Å². The van der Waals surface area contributed by atoms with E-state index in [9.17, 15) is 27.9 Å². The topological polar surface area (TPSA) is 120 Å². The highest BCUT2D eigenvalue weighted by Crippen LogP contribution is 2.36. The first-order valence-electron chi connectivity index (χ1n) is 10.3. The maximum Gasteiger partial charge on any atom is 0.471 e. The van der Waals surface area contributed by atoms with Crippen molar-refractivity contribution in [3.63, 3.8) is 0 Å². The van der Waals surface area contributed by atoms with Crippen LogP contribution < -0.4 is 10.6 Å². The van der Waals surface area contributed by atoms with Crippen molar-refractivity contribution in [1.82, 2.24) is 25.2 Å². The summed E-state index contributed by atoms with van der Waals surface area (Å²) in [5, 5.41) is 15.0. The number of carbonyl (C=O) groups is 2. The molecule has 1 aliphatic rings. The Morgan fingerprint density at radius 1 is 1.09 bits per heavy atom. The molecule has 3 amide bonds. The zero-order valence-corrected chi connectivity index (χ0v) is 19.2. The number of hydrogen-bond acceptors (Lipinski definition) is 6. The Kier molecular flexibility index (Phi) is 6.86. The van der Waals surface area contributed by atoms with Crippen LogP contribution in [0.5, 0.6) is 5.75 Å². The van der Waals surface area contributed by atoms with Gasteiger partial charge in [0.25, 0.3) is 0 Å². The number of anilines is 1. The van der Waals surface area contributed by atoms with Gasteiger partial charge in [-0.3, -0.25) is 10.1 Å². The number of aromatic hydroxyl groups is 1. The van der Waals surface area contributed by atoms with Crippen LogP contribution in [-0.2, 0) is 4.79 Å². The van der Waals surface area contributed by atoms with E-state index in [1.807, 2.05) is 0 Å². The molecule has 0 aliphatic carbocycles. The number of halogens is 5. The molecule has 184 valence electrons. The van der Waals surface area contributed by atoms with Crippen LogP contribution in [0.15, 0.2) is 30.5 Å². The lowest BCUT2D eigenvalue weighted by Crippen LogP contribution is -2.50. The molecule has 0 spiro atoms. The maximum atomic E-state index is 12.6. The van der Waals surface area contributed by atoms with Gasteiger partial charge in [-0.15, -0.1) is 0 Å². The molecule has 14 heteroatoms. The largest absolute Gasteiger partial charge is 0.505 e. The minimum absolute atomic E-state index is 0.0566. The number of likely N-dealkylation sites (tertiary alicyclic amines) is 1. The van der Waals surface area contributed by atoms with Gasteiger partial charge in [0, 0.05) is 24.7 Å². The minimum Gasteiger partial charge on any atom is -0.505 e. The van der Waals surface area contributed by atoms with Crippen LogP contribution in [0.4, 0.5) is 23.8 Å². The first kappa shape index (κ1) is 24.7. The number of alkyl halides is 3. The second-order valence-corrected chi connectivity index (χ2v) is 8.56. The third kappa shape index (κ3) is 5.65. The van der Waals surface area contributed by atoms with Crippen molar-refractivity contribution < 1.29 is 27.9 Å². The van der Waals surface area contributed by atoms with E-state index in [1.165, 1.54) is 18.3 Å². The average Bonchev–Trinajstić information content (AvgIpc) is 2.81. The summed E-state index contributed by atoms with van der Waals surface area (Å²) in [6, 6.07) is 5.30. The van der Waals surface area contributed by atoms with Gasteiger partial charge in [-0.1, -0.05) is 23.2 Å². The van der Waals surface area contributed by atoms with Crippen molar-refractivity contribution in [3.05, 3.63) is 40.5 Å². The van der Waals surface area contributed by atoms with Gasteiger partial charge in [0.1, 0.15) is 5.52 Å². The Balaban J connectivity index is 1.41. The maximum absolute atomic E-state index is 12.6. The Bertz CT molecular complexity index is 1280. The molecule has 1 saturated heterocycles. The normalized spacial score (nSPS) is 14.7. The fourth-order valence-corrected chi connectivity index (χ4v) is 4.06. The SMILES string of the molecule is O=C(Nc1cnc2ccc(-c3cc(Cl)c(O)c(Cl)c3)nc2n1)NC1CCN(C(=O)C(F)(F)F)CC1. The Hall–Kier alpha value is -3.38. The summed E-state index contributed by atoms with van der Waals surface area (Å²) in [5.74, 6) is -2.02. The molecule has 35 heavy (non-hydrogen) atoms. The molecule has 3 aromatic rings. The second kappa shape index (κ2) is 9.70. The number of hydrogen-bond donors (Lipinski definition) is 3. The molecule has 1 aliphatic heterocycles.